The van der Waals surface area contributed by atoms with Crippen LogP contribution < -0.4 is 0 Å². The van der Waals surface area contributed by atoms with Gasteiger partial charge in [0.1, 0.15) is 0 Å². The zero-order valence-electron chi connectivity index (χ0n) is 3.45. The molecular weight excluding hydrogens is 250 g/mol. The SMILES string of the molecule is [O]=[Al].[O]=[Co].[O]=[Cr].[O]=[Ti]. The van der Waals surface area contributed by atoms with Crippen molar-refractivity contribution in [2.45, 2.75) is 0 Å². The van der Waals surface area contributed by atoms with Gasteiger partial charge in [-0.15, -0.1) is 0 Å². The Balaban J connectivity index is -0.0000000133. The molecule has 0 aliphatic carbocycles. The van der Waals surface area contributed by atoms with E-state index in [4.69, 9.17) is 14.8 Å². The molecule has 0 aromatic heterocycles. The Morgan fingerprint density at radius 1 is 1.12 bits per heavy atom. The molecule has 4 nitrogen and oxygen atoms in total. The second-order valence-electron chi connectivity index (χ2n) is 0. The maximum absolute atomic E-state index is 8.25. The molecule has 0 saturated carbocycles. The van der Waals surface area contributed by atoms with Gasteiger partial charge in [0.2, 0.25) is 0 Å². The summed E-state index contributed by atoms with van der Waals surface area (Å²) in [5, 5.41) is 0. The molecule has 0 N–H and O–H groups in total. The van der Waals surface area contributed by atoms with E-state index in [-0.39, 0.29) is 0 Å². The van der Waals surface area contributed by atoms with E-state index in [9.17, 15) is 0 Å². The first kappa shape index (κ1) is 22.7. The van der Waals surface area contributed by atoms with Crippen molar-refractivity contribution in [1.29, 1.82) is 0 Å². The molecule has 8 heavy (non-hydrogen) atoms. The van der Waals surface area contributed by atoms with Gasteiger partial charge in [0.15, 0.2) is 0 Å². The minimum absolute atomic E-state index is 0.750. The van der Waals surface area contributed by atoms with Crippen LogP contribution in [0.15, 0.2) is 0 Å². The molecule has 0 unspecified atom stereocenters. The molecule has 0 aliphatic rings. The van der Waals surface area contributed by atoms with Crippen molar-refractivity contribution in [2.24, 2.45) is 0 Å². The van der Waals surface area contributed by atoms with Gasteiger partial charge in [-0.25, -0.2) is 0 Å². The predicted octanol–water partition coefficient (Wildman–Crippen LogP) is -0.863. The first-order valence-corrected chi connectivity index (χ1v) is 2.80. The zero-order valence-corrected chi connectivity index (χ0v) is 8.48. The third-order valence-corrected chi connectivity index (χ3v) is 0. The summed E-state index contributed by atoms with van der Waals surface area (Å²) < 4.78 is 32.5. The molecule has 0 amide bonds. The Bertz CT molecular complexity index is 24.0. The summed E-state index contributed by atoms with van der Waals surface area (Å²) in [6, 6.07) is 0. The molecule has 1 radical (unpaired) electrons. The average molecular weight is 250 g/mol. The normalized spacial score (nSPS) is 1.88. The van der Waals surface area contributed by atoms with Crippen molar-refractivity contribution < 1.29 is 67.1 Å². The number of rotatable bonds is 0. The summed E-state index contributed by atoms with van der Waals surface area (Å²) >= 11 is 5.60. The third kappa shape index (κ3) is 143. The van der Waals surface area contributed by atoms with Crippen LogP contribution in [0.25, 0.3) is 0 Å². The molecular formula is AlCoCrO4Ti. The van der Waals surface area contributed by atoms with Gasteiger partial charge in [-0.2, -0.15) is 0 Å². The summed E-state index contributed by atoms with van der Waals surface area (Å²) in [5.74, 6) is 0. The van der Waals surface area contributed by atoms with Crippen LogP contribution in [0.5, 0.6) is 0 Å². The van der Waals surface area contributed by atoms with Crippen LogP contribution in [0, 0.1) is 0 Å². The fourth-order valence-corrected chi connectivity index (χ4v) is 0. The van der Waals surface area contributed by atoms with E-state index in [0.717, 1.165) is 20.4 Å². The Hall–Kier alpha value is 1.49. The number of hydrogen-bond acceptors (Lipinski definition) is 4. The molecule has 0 atom stereocenters. The van der Waals surface area contributed by atoms with Crippen molar-refractivity contribution in [3.05, 3.63) is 0 Å². The minimum atomic E-state index is 0.750. The van der Waals surface area contributed by atoms with Crippen LogP contribution in [0.2, 0.25) is 0 Å². The second kappa shape index (κ2) is 215. The van der Waals surface area contributed by atoms with Gasteiger partial charge in [-0.1, -0.05) is 0 Å². The van der Waals surface area contributed by atoms with Crippen molar-refractivity contribution in [1.82, 2.24) is 0 Å². The van der Waals surface area contributed by atoms with Crippen molar-refractivity contribution >= 4 is 16.2 Å². The molecule has 0 saturated heterocycles. The summed E-state index contributed by atoms with van der Waals surface area (Å²) in [6.07, 6.45) is 0. The van der Waals surface area contributed by atoms with Crippen LogP contribution in [-0.2, 0) is 67.1 Å². The van der Waals surface area contributed by atoms with Gasteiger partial charge in [-0.3, -0.25) is 0 Å². The third-order valence-electron chi connectivity index (χ3n) is 0. The van der Waals surface area contributed by atoms with Gasteiger partial charge in [0.05, 0.1) is 0 Å². The van der Waals surface area contributed by atoms with Crippen LogP contribution in [0.3, 0.4) is 0 Å². The Morgan fingerprint density at radius 3 is 1.12 bits per heavy atom. The van der Waals surface area contributed by atoms with Crippen molar-refractivity contribution in [3.8, 4) is 0 Å². The number of hydrogen-bond donors (Lipinski definition) is 0. The van der Waals surface area contributed by atoms with E-state index >= 15 is 0 Å². The van der Waals surface area contributed by atoms with Crippen LogP contribution in [0.4, 0.5) is 0 Å². The van der Waals surface area contributed by atoms with E-state index in [1.807, 2.05) is 0 Å². The fraction of sp³-hybridized carbons (Fsp3) is 0. The van der Waals surface area contributed by atoms with E-state index in [2.05, 4.69) is 15.7 Å². The average Bonchev–Trinajstić information content (AvgIpc) is 2.03. The molecule has 0 heterocycles. The van der Waals surface area contributed by atoms with Gasteiger partial charge in [-0.05, 0) is 0 Å². The van der Waals surface area contributed by atoms with Gasteiger partial charge < -0.3 is 0 Å². The van der Waals surface area contributed by atoms with E-state index in [0.29, 0.717) is 0 Å². The van der Waals surface area contributed by atoms with Gasteiger partial charge in [0.25, 0.3) is 0 Å². The topological polar surface area (TPSA) is 68.3 Å². The van der Waals surface area contributed by atoms with Crippen LogP contribution in [-0.4, -0.2) is 16.2 Å². The quantitative estimate of drug-likeness (QED) is 0.524. The first-order valence-electron chi connectivity index (χ1n) is 0.743. The monoisotopic (exact) mass is 250 g/mol. The molecule has 0 fully saturated rings. The molecule has 46 valence electrons. The van der Waals surface area contributed by atoms with E-state index < -0.39 is 0 Å². The first-order chi connectivity index (χ1) is 4.00. The standard InChI is InChI=1S/Al.Co.Cr.4O.Ti. The molecule has 0 bridgehead atoms. The molecule has 8 heteroatoms. The second-order valence-corrected chi connectivity index (χ2v) is 0. The molecule has 0 aromatic rings. The fourth-order valence-electron chi connectivity index (χ4n) is 0. The zero-order chi connectivity index (χ0) is 8.00. The van der Waals surface area contributed by atoms with Gasteiger partial charge >= 0.3 is 83.3 Å². The van der Waals surface area contributed by atoms with Gasteiger partial charge in [0, 0.05) is 0 Å². The van der Waals surface area contributed by atoms with Crippen LogP contribution in [0.1, 0.15) is 0 Å². The molecule has 0 aliphatic heterocycles. The van der Waals surface area contributed by atoms with E-state index in [1.165, 1.54) is 32.4 Å². The molecule has 0 rings (SSSR count). The Labute approximate surface area is 82.6 Å². The Kier molecular flexibility index (Phi) is 611. The van der Waals surface area contributed by atoms with E-state index in [1.54, 1.807) is 0 Å². The molecule has 0 spiro atoms. The summed E-state index contributed by atoms with van der Waals surface area (Å²) in [6.45, 7) is 0. The van der Waals surface area contributed by atoms with Crippen molar-refractivity contribution in [2.75, 3.05) is 0 Å². The predicted molar refractivity (Wildman–Crippen MR) is 8.50 cm³/mol. The summed E-state index contributed by atoms with van der Waals surface area (Å²) in [7, 11) is 0. The maximum atomic E-state index is 8.25. The van der Waals surface area contributed by atoms with Crippen molar-refractivity contribution in [3.63, 3.8) is 0 Å². The Morgan fingerprint density at radius 2 is 1.12 bits per heavy atom. The molecule has 0 aromatic carbocycles. The summed E-state index contributed by atoms with van der Waals surface area (Å²) in [5.41, 5.74) is 0. The summed E-state index contributed by atoms with van der Waals surface area (Å²) in [4.78, 5) is 0. The van der Waals surface area contributed by atoms with Crippen LogP contribution >= 0.6 is 0 Å².